The molecule has 40 heavy (non-hydrogen) atoms. The smallest absolute Gasteiger partial charge is 0.126 e. The summed E-state index contributed by atoms with van der Waals surface area (Å²) in [6, 6.07) is 32.1. The maximum atomic E-state index is 6.71. The van der Waals surface area contributed by atoms with Gasteiger partial charge < -0.3 is 4.74 Å². The zero-order valence-corrected chi connectivity index (χ0v) is 26.2. The van der Waals surface area contributed by atoms with Crippen molar-refractivity contribution in [2.24, 2.45) is 4.99 Å². The Balaban J connectivity index is 1.82. The lowest BCUT2D eigenvalue weighted by Gasteiger charge is -2.37. The van der Waals surface area contributed by atoms with E-state index in [2.05, 4.69) is 109 Å². The molecule has 4 rings (SSSR count). The van der Waals surface area contributed by atoms with Crippen LogP contribution in [0.5, 0.6) is 5.75 Å². The van der Waals surface area contributed by atoms with Crippen molar-refractivity contribution in [3.05, 3.63) is 124 Å². The van der Waals surface area contributed by atoms with Gasteiger partial charge in [-0.25, -0.2) is 0 Å². The summed E-state index contributed by atoms with van der Waals surface area (Å²) in [6.07, 6.45) is 4.10. The van der Waals surface area contributed by atoms with Crippen LogP contribution in [0.15, 0.2) is 96.0 Å². The van der Waals surface area contributed by atoms with E-state index >= 15 is 0 Å². The second kappa shape index (κ2) is 13.0. The highest BCUT2D eigenvalue weighted by atomic mass is 31.1. The van der Waals surface area contributed by atoms with Crippen molar-refractivity contribution in [3.8, 4) is 5.75 Å². The zero-order chi connectivity index (χ0) is 28.8. The Labute approximate surface area is 243 Å². The third-order valence-electron chi connectivity index (χ3n) is 7.87. The number of aryl methyl sites for hydroxylation is 2. The van der Waals surface area contributed by atoms with E-state index in [0.717, 1.165) is 24.3 Å². The number of ether oxygens (including phenoxy) is 1. The van der Waals surface area contributed by atoms with Gasteiger partial charge in [-0.15, -0.1) is 0 Å². The minimum absolute atomic E-state index is 0.0456. The molecule has 4 aromatic carbocycles. The lowest BCUT2D eigenvalue weighted by atomic mass is 9.81. The van der Waals surface area contributed by atoms with Crippen LogP contribution in [0, 0.1) is 13.8 Å². The molecule has 0 saturated carbocycles. The second-order valence-electron chi connectivity index (χ2n) is 11.7. The largest absolute Gasteiger partial charge is 0.488 e. The SMILES string of the molecule is CCC(CC)(Pc1c(C)cccc1/C=N/c1ccccc1)c1cc(C(C)(C)C)cc(C)c1OCc1ccccc1. The molecule has 0 fully saturated rings. The molecule has 4 aromatic rings. The summed E-state index contributed by atoms with van der Waals surface area (Å²) in [4.78, 5) is 4.83. The summed E-state index contributed by atoms with van der Waals surface area (Å²) in [5.74, 6) is 1.04. The zero-order valence-electron chi connectivity index (χ0n) is 25.2. The summed E-state index contributed by atoms with van der Waals surface area (Å²) in [5, 5.41) is 1.33. The number of benzene rings is 4. The van der Waals surface area contributed by atoms with Crippen LogP contribution in [0.1, 0.15) is 80.8 Å². The summed E-state index contributed by atoms with van der Waals surface area (Å²) >= 11 is 0. The molecule has 0 aliphatic carbocycles. The summed E-state index contributed by atoms with van der Waals surface area (Å²) < 4.78 is 6.71. The Morgan fingerprint density at radius 2 is 1.43 bits per heavy atom. The van der Waals surface area contributed by atoms with Gasteiger partial charge in [-0.1, -0.05) is 122 Å². The van der Waals surface area contributed by atoms with Crippen LogP contribution in [0.4, 0.5) is 5.69 Å². The van der Waals surface area contributed by atoms with Crippen molar-refractivity contribution in [3.63, 3.8) is 0 Å². The number of nitrogens with zero attached hydrogens (tertiary/aromatic N) is 1. The Morgan fingerprint density at radius 1 is 0.775 bits per heavy atom. The molecule has 2 nitrogen and oxygen atoms in total. The first-order valence-corrected chi connectivity index (χ1v) is 15.5. The fraction of sp³-hybridized carbons (Fsp3) is 0.324. The van der Waals surface area contributed by atoms with Gasteiger partial charge in [0.2, 0.25) is 0 Å². The molecule has 208 valence electrons. The van der Waals surface area contributed by atoms with Crippen molar-refractivity contribution in [1.82, 2.24) is 0 Å². The molecule has 0 aliphatic heterocycles. The van der Waals surface area contributed by atoms with Gasteiger partial charge in [-0.05, 0) is 71.8 Å². The lowest BCUT2D eigenvalue weighted by molar-refractivity contribution is 0.296. The molecule has 0 aromatic heterocycles. The number of hydrogen-bond donors (Lipinski definition) is 0. The van der Waals surface area contributed by atoms with Gasteiger partial charge in [-0.2, -0.15) is 0 Å². The molecule has 0 N–H and O–H groups in total. The van der Waals surface area contributed by atoms with Gasteiger partial charge in [-0.3, -0.25) is 4.99 Å². The van der Waals surface area contributed by atoms with Crippen molar-refractivity contribution < 1.29 is 4.74 Å². The Hall–Kier alpha value is -3.22. The van der Waals surface area contributed by atoms with E-state index in [9.17, 15) is 0 Å². The van der Waals surface area contributed by atoms with Gasteiger partial charge in [0.05, 0.1) is 5.69 Å². The standard InChI is InChI=1S/C37H44NOP/c1-8-37(9-2,40-35-27(3)17-16-20-30(35)25-38-32-21-14-11-15-22-32)33-24-31(36(5,6)7)23-28(4)34(33)39-26-29-18-12-10-13-19-29/h10-25,40H,8-9,26H2,1-7H3/b38-25+. The molecule has 0 saturated heterocycles. The summed E-state index contributed by atoms with van der Waals surface area (Å²) in [5.41, 5.74) is 8.63. The van der Waals surface area contributed by atoms with Crippen molar-refractivity contribution >= 4 is 25.8 Å². The van der Waals surface area contributed by atoms with Crippen LogP contribution in [0.3, 0.4) is 0 Å². The van der Waals surface area contributed by atoms with Gasteiger partial charge in [0.1, 0.15) is 12.4 Å². The van der Waals surface area contributed by atoms with Gasteiger partial charge >= 0.3 is 0 Å². The first-order chi connectivity index (χ1) is 19.2. The van der Waals surface area contributed by atoms with E-state index in [-0.39, 0.29) is 10.6 Å². The van der Waals surface area contributed by atoms with Gasteiger partial charge in [0.15, 0.2) is 0 Å². The fourth-order valence-electron chi connectivity index (χ4n) is 5.22. The molecule has 1 atom stereocenters. The highest BCUT2D eigenvalue weighted by molar-refractivity contribution is 7.49. The number of para-hydroxylation sites is 1. The molecule has 0 bridgehead atoms. The van der Waals surface area contributed by atoms with Crippen molar-refractivity contribution in [1.29, 1.82) is 0 Å². The van der Waals surface area contributed by atoms with Crippen LogP contribution in [-0.2, 0) is 17.2 Å². The number of rotatable bonds is 10. The third-order valence-corrected chi connectivity index (χ3v) is 10.3. The Morgan fingerprint density at radius 3 is 2.05 bits per heavy atom. The van der Waals surface area contributed by atoms with Crippen LogP contribution in [-0.4, -0.2) is 6.21 Å². The first kappa shape index (κ1) is 29.8. The predicted octanol–water partition coefficient (Wildman–Crippen LogP) is 9.95. The number of aliphatic imine (C=N–C) groups is 1. The topological polar surface area (TPSA) is 21.6 Å². The molecule has 0 heterocycles. The molecule has 3 heteroatoms. The summed E-state index contributed by atoms with van der Waals surface area (Å²) in [6.45, 7) is 16.6. The molecule has 0 aliphatic rings. The average molecular weight is 550 g/mol. The van der Waals surface area contributed by atoms with Crippen molar-refractivity contribution in [2.45, 2.75) is 78.5 Å². The van der Waals surface area contributed by atoms with E-state index in [0.29, 0.717) is 15.2 Å². The number of hydrogen-bond acceptors (Lipinski definition) is 2. The molecular weight excluding hydrogens is 505 g/mol. The minimum Gasteiger partial charge on any atom is -0.488 e. The Bertz CT molecular complexity index is 1430. The highest BCUT2D eigenvalue weighted by Gasteiger charge is 2.35. The minimum atomic E-state index is -0.0561. The summed E-state index contributed by atoms with van der Waals surface area (Å²) in [7, 11) is 0.581. The molecular formula is C37H44NOP. The quantitative estimate of drug-likeness (QED) is 0.142. The van der Waals surface area contributed by atoms with Gasteiger partial charge in [0.25, 0.3) is 0 Å². The van der Waals surface area contributed by atoms with Crippen molar-refractivity contribution in [2.75, 3.05) is 0 Å². The molecule has 0 amide bonds. The fourth-order valence-corrected chi connectivity index (χ4v) is 6.95. The average Bonchev–Trinajstić information content (AvgIpc) is 2.95. The predicted molar refractivity (Wildman–Crippen MR) is 176 cm³/mol. The third kappa shape index (κ3) is 6.91. The van der Waals surface area contributed by atoms with Crippen LogP contribution in [0.25, 0.3) is 0 Å². The lowest BCUT2D eigenvalue weighted by Crippen LogP contribution is -2.26. The van der Waals surface area contributed by atoms with Crippen LogP contribution in [0.2, 0.25) is 0 Å². The van der Waals surface area contributed by atoms with Crippen LogP contribution >= 0.6 is 8.58 Å². The first-order valence-electron chi connectivity index (χ1n) is 14.5. The maximum Gasteiger partial charge on any atom is 0.126 e. The maximum absolute atomic E-state index is 6.71. The molecule has 0 spiro atoms. The molecule has 0 radical (unpaired) electrons. The second-order valence-corrected chi connectivity index (χ2v) is 13.4. The van der Waals surface area contributed by atoms with E-state index in [1.807, 2.05) is 36.5 Å². The van der Waals surface area contributed by atoms with Gasteiger partial charge in [0, 0.05) is 22.5 Å². The van der Waals surface area contributed by atoms with Crippen LogP contribution < -0.4 is 10.0 Å². The monoisotopic (exact) mass is 549 g/mol. The highest BCUT2D eigenvalue weighted by Crippen LogP contribution is 2.52. The Kier molecular flexibility index (Phi) is 9.64. The molecule has 1 unspecified atom stereocenters. The normalized spacial score (nSPS) is 12.5. The van der Waals surface area contributed by atoms with E-state index in [1.165, 1.54) is 38.7 Å². The van der Waals surface area contributed by atoms with E-state index in [4.69, 9.17) is 9.73 Å². The van der Waals surface area contributed by atoms with E-state index in [1.54, 1.807) is 0 Å². The van der Waals surface area contributed by atoms with E-state index < -0.39 is 0 Å².